The molecule has 0 amide bonds. The summed E-state index contributed by atoms with van der Waals surface area (Å²) in [5.74, 6) is 0. The van der Waals surface area contributed by atoms with Gasteiger partial charge in [0, 0.05) is 29.7 Å². The molecule has 7 nitrogen and oxygen atoms in total. The van der Waals surface area contributed by atoms with Gasteiger partial charge in [0.1, 0.15) is 0 Å². The molecule has 3 aromatic carbocycles. The number of anilines is 1. The number of nitrogens with one attached hydrogen (secondary N) is 1. The smallest absolute Gasteiger partial charge is 0.358 e. The van der Waals surface area contributed by atoms with Crippen molar-refractivity contribution in [2.24, 2.45) is 0 Å². The van der Waals surface area contributed by atoms with Crippen LogP contribution in [0.4, 0.5) is 32.0 Å². The molecule has 1 aliphatic rings. The van der Waals surface area contributed by atoms with Crippen molar-refractivity contribution < 1.29 is 43.2 Å². The van der Waals surface area contributed by atoms with Crippen molar-refractivity contribution in [3.05, 3.63) is 67.0 Å². The molecule has 4 rings (SSSR count). The van der Waals surface area contributed by atoms with Gasteiger partial charge in [0.25, 0.3) is 0 Å². The standard InChI is InChI=1S/C25H30N2.C2HF6NO4S2/c1-2-3-4-5-6-11-16-26-17-18-27(20-26)25-23-14-9-7-12-21(23)19-22-13-8-10-15-24(22)25;3-1(4,5)14(10,11)9-15(12,13)2(6,7)8/h7-10,12-15,17-19H,2-6,11,16,20H2,1H3;9H. The van der Waals surface area contributed by atoms with Crippen LogP contribution in [0, 0.1) is 0 Å². The summed E-state index contributed by atoms with van der Waals surface area (Å²) in [5, 5.41) is 5.30. The number of fused-ring (bicyclic) bond motifs is 2. The summed E-state index contributed by atoms with van der Waals surface area (Å²) in [6, 6.07) is 19.8. The fraction of sp³-hybridized carbons (Fsp3) is 0.407. The van der Waals surface area contributed by atoms with E-state index in [0.717, 1.165) is 13.2 Å². The van der Waals surface area contributed by atoms with Crippen LogP contribution in [-0.2, 0) is 20.0 Å². The normalized spacial score (nSPS) is 14.5. The van der Waals surface area contributed by atoms with Crippen LogP contribution in [0.5, 0.6) is 0 Å². The first kappa shape index (κ1) is 33.5. The average Bonchev–Trinajstić information content (AvgIpc) is 3.36. The zero-order valence-electron chi connectivity index (χ0n) is 22.6. The van der Waals surface area contributed by atoms with Gasteiger partial charge in [-0.15, -0.1) is 0 Å². The predicted octanol–water partition coefficient (Wildman–Crippen LogP) is 7.18. The molecule has 1 heterocycles. The number of benzene rings is 3. The van der Waals surface area contributed by atoms with Gasteiger partial charge in [-0.05, 0) is 23.3 Å². The monoisotopic (exact) mass is 639 g/mol. The van der Waals surface area contributed by atoms with E-state index in [2.05, 4.69) is 83.7 Å². The second-order valence-corrected chi connectivity index (χ2v) is 13.2. The molecule has 0 radical (unpaired) electrons. The summed E-state index contributed by atoms with van der Waals surface area (Å²) < 4.78 is 108. The number of nitrogens with zero attached hydrogens (tertiary/aromatic N) is 2. The Morgan fingerprint density at radius 1 is 0.714 bits per heavy atom. The summed E-state index contributed by atoms with van der Waals surface area (Å²) in [6.45, 7) is 4.38. The van der Waals surface area contributed by atoms with Crippen LogP contribution in [0.2, 0.25) is 0 Å². The number of sulfonamides is 2. The molecule has 0 aliphatic carbocycles. The van der Waals surface area contributed by atoms with Crippen LogP contribution in [0.15, 0.2) is 67.0 Å². The summed E-state index contributed by atoms with van der Waals surface area (Å²) in [5.41, 5.74) is -11.0. The summed E-state index contributed by atoms with van der Waals surface area (Å²) in [6.07, 6.45) is 12.6. The zero-order chi connectivity index (χ0) is 31.2. The van der Waals surface area contributed by atoms with Crippen LogP contribution < -0.4 is 9.03 Å². The molecule has 1 N–H and O–H groups in total. The Morgan fingerprint density at radius 3 is 1.69 bits per heavy atom. The lowest BCUT2D eigenvalue weighted by Gasteiger charge is -2.24. The summed E-state index contributed by atoms with van der Waals surface area (Å²) in [7, 11) is -13.2. The van der Waals surface area contributed by atoms with Crippen molar-refractivity contribution in [3.63, 3.8) is 0 Å². The molecule has 15 heteroatoms. The molecular formula is C27H31F6N3O4S2. The maximum absolute atomic E-state index is 11.5. The Hall–Kier alpha value is -3.04. The number of halogens is 6. The van der Waals surface area contributed by atoms with E-state index >= 15 is 0 Å². The Kier molecular flexibility index (Phi) is 10.8. The van der Waals surface area contributed by atoms with Gasteiger partial charge >= 0.3 is 31.1 Å². The van der Waals surface area contributed by atoms with Crippen molar-refractivity contribution in [2.75, 3.05) is 18.1 Å². The minimum Gasteiger partial charge on any atom is -0.358 e. The molecule has 0 saturated heterocycles. The molecule has 3 aromatic rings. The van der Waals surface area contributed by atoms with Crippen molar-refractivity contribution in [3.8, 4) is 0 Å². The molecule has 0 unspecified atom stereocenters. The first-order chi connectivity index (χ1) is 19.6. The lowest BCUT2D eigenvalue weighted by molar-refractivity contribution is -0.0476. The minimum absolute atomic E-state index is 0.493. The molecule has 0 spiro atoms. The number of rotatable bonds is 10. The highest BCUT2D eigenvalue weighted by molar-refractivity contribution is 8.05. The minimum atomic E-state index is -6.60. The van der Waals surface area contributed by atoms with E-state index in [1.807, 2.05) is 0 Å². The predicted molar refractivity (Wildman–Crippen MR) is 151 cm³/mol. The lowest BCUT2D eigenvalue weighted by atomic mass is 10.0. The highest BCUT2D eigenvalue weighted by Crippen LogP contribution is 2.37. The third-order valence-corrected chi connectivity index (χ3v) is 9.42. The molecule has 0 aromatic heterocycles. The number of unbranched alkanes of at least 4 members (excludes halogenated alkanes) is 5. The van der Waals surface area contributed by atoms with E-state index in [9.17, 15) is 43.2 Å². The molecular weight excluding hydrogens is 608 g/mol. The van der Waals surface area contributed by atoms with E-state index in [-0.39, 0.29) is 0 Å². The Labute approximate surface area is 240 Å². The summed E-state index contributed by atoms with van der Waals surface area (Å²) >= 11 is 0. The number of hydrogen-bond donors (Lipinski definition) is 1. The van der Waals surface area contributed by atoms with Gasteiger partial charge in [0.15, 0.2) is 0 Å². The third-order valence-electron chi connectivity index (χ3n) is 6.45. The molecule has 42 heavy (non-hydrogen) atoms. The van der Waals surface area contributed by atoms with Gasteiger partial charge in [0.2, 0.25) is 0 Å². The largest absolute Gasteiger partial charge is 0.512 e. The number of alkyl halides is 6. The topological polar surface area (TPSA) is 86.8 Å². The van der Waals surface area contributed by atoms with E-state index < -0.39 is 35.2 Å². The fourth-order valence-corrected chi connectivity index (χ4v) is 6.30. The molecule has 0 bridgehead atoms. The summed E-state index contributed by atoms with van der Waals surface area (Å²) in [4.78, 5) is 4.87. The van der Waals surface area contributed by atoms with Crippen molar-refractivity contribution in [2.45, 2.75) is 56.5 Å². The maximum Gasteiger partial charge on any atom is 0.512 e. The van der Waals surface area contributed by atoms with Gasteiger partial charge in [-0.3, -0.25) is 0 Å². The number of hydrogen-bond acceptors (Lipinski definition) is 6. The van der Waals surface area contributed by atoms with Crippen LogP contribution in [0.25, 0.3) is 21.5 Å². The molecule has 0 atom stereocenters. The van der Waals surface area contributed by atoms with Crippen molar-refractivity contribution in [1.29, 1.82) is 0 Å². The SMILES string of the molecule is CCCCCCCCN1C=CN(c2c3ccccc3cc3ccccc23)C1.O=S(=O)(NS(=O)(=O)C(F)(F)F)C(F)(F)F. The van der Waals surface area contributed by atoms with Gasteiger partial charge in [-0.1, -0.05) is 91.7 Å². The van der Waals surface area contributed by atoms with E-state index in [0.29, 0.717) is 0 Å². The van der Waals surface area contributed by atoms with Gasteiger partial charge in [-0.25, -0.2) is 16.8 Å². The second kappa shape index (κ2) is 13.5. The van der Waals surface area contributed by atoms with Crippen LogP contribution in [-0.4, -0.2) is 46.0 Å². The van der Waals surface area contributed by atoms with E-state index in [1.165, 1.54) is 65.8 Å². The highest BCUT2D eigenvalue weighted by Gasteiger charge is 2.55. The Bertz CT molecular complexity index is 1510. The zero-order valence-corrected chi connectivity index (χ0v) is 24.3. The first-order valence-corrected chi connectivity index (χ1v) is 16.0. The second-order valence-electron chi connectivity index (χ2n) is 9.64. The highest BCUT2D eigenvalue weighted by atomic mass is 32.3. The van der Waals surface area contributed by atoms with Gasteiger partial charge in [-0.2, -0.15) is 26.3 Å². The molecule has 0 saturated carbocycles. The third kappa shape index (κ3) is 8.28. The van der Waals surface area contributed by atoms with Gasteiger partial charge < -0.3 is 9.80 Å². The Balaban J connectivity index is 0.000000277. The van der Waals surface area contributed by atoms with Crippen molar-refractivity contribution in [1.82, 2.24) is 9.03 Å². The molecule has 0 fully saturated rings. The lowest BCUT2D eigenvalue weighted by Crippen LogP contribution is -2.45. The molecule has 1 aliphatic heterocycles. The fourth-order valence-electron chi connectivity index (χ4n) is 4.39. The molecule has 232 valence electrons. The van der Waals surface area contributed by atoms with E-state index in [4.69, 9.17) is 0 Å². The van der Waals surface area contributed by atoms with Gasteiger partial charge in [0.05, 0.1) is 12.4 Å². The quantitative estimate of drug-likeness (QED) is 0.144. The van der Waals surface area contributed by atoms with Crippen LogP contribution >= 0.6 is 0 Å². The van der Waals surface area contributed by atoms with Crippen LogP contribution in [0.3, 0.4) is 0 Å². The maximum atomic E-state index is 11.5. The Morgan fingerprint density at radius 2 is 1.19 bits per heavy atom. The van der Waals surface area contributed by atoms with E-state index in [1.54, 1.807) is 0 Å². The average molecular weight is 640 g/mol. The first-order valence-electron chi connectivity index (χ1n) is 13.1. The van der Waals surface area contributed by atoms with Crippen molar-refractivity contribution >= 4 is 47.3 Å². The van der Waals surface area contributed by atoms with Crippen LogP contribution in [0.1, 0.15) is 45.4 Å².